The van der Waals surface area contributed by atoms with E-state index in [9.17, 15) is 4.79 Å². The van der Waals surface area contributed by atoms with Crippen LogP contribution in [0, 0.1) is 0 Å². The fourth-order valence-electron chi connectivity index (χ4n) is 1.38. The SMILES string of the molecule is CCCNC(=O)c1ccc2oc(Cl)nc2c1. The lowest BCUT2D eigenvalue weighted by molar-refractivity contribution is 0.0954. The summed E-state index contributed by atoms with van der Waals surface area (Å²) < 4.78 is 5.11. The molecule has 0 aliphatic carbocycles. The molecule has 0 aliphatic heterocycles. The second kappa shape index (κ2) is 4.53. The molecule has 1 heterocycles. The monoisotopic (exact) mass is 238 g/mol. The van der Waals surface area contributed by atoms with Crippen LogP contribution in [-0.2, 0) is 0 Å². The molecule has 0 saturated heterocycles. The summed E-state index contributed by atoms with van der Waals surface area (Å²) >= 11 is 5.62. The topological polar surface area (TPSA) is 55.1 Å². The number of carbonyl (C=O) groups excluding carboxylic acids is 1. The van der Waals surface area contributed by atoms with E-state index in [2.05, 4.69) is 10.3 Å². The van der Waals surface area contributed by atoms with Crippen molar-refractivity contribution in [2.75, 3.05) is 6.54 Å². The molecule has 0 saturated carbocycles. The van der Waals surface area contributed by atoms with Gasteiger partial charge >= 0.3 is 0 Å². The van der Waals surface area contributed by atoms with Crippen LogP contribution >= 0.6 is 11.6 Å². The molecular weight excluding hydrogens is 228 g/mol. The highest BCUT2D eigenvalue weighted by Gasteiger charge is 2.08. The number of aromatic nitrogens is 1. The zero-order chi connectivity index (χ0) is 11.5. The molecular formula is C11H11ClN2O2. The van der Waals surface area contributed by atoms with E-state index >= 15 is 0 Å². The number of oxazole rings is 1. The molecule has 0 bridgehead atoms. The molecule has 2 rings (SSSR count). The molecule has 0 unspecified atom stereocenters. The van der Waals surface area contributed by atoms with E-state index in [1.807, 2.05) is 6.92 Å². The van der Waals surface area contributed by atoms with Crippen LogP contribution in [0.5, 0.6) is 0 Å². The van der Waals surface area contributed by atoms with E-state index in [0.717, 1.165) is 6.42 Å². The van der Waals surface area contributed by atoms with Gasteiger partial charge in [-0.25, -0.2) is 0 Å². The van der Waals surface area contributed by atoms with Crippen molar-refractivity contribution >= 4 is 28.6 Å². The summed E-state index contributed by atoms with van der Waals surface area (Å²) in [6, 6.07) is 5.04. The van der Waals surface area contributed by atoms with E-state index < -0.39 is 0 Å². The minimum absolute atomic E-state index is 0.0844. The predicted molar refractivity (Wildman–Crippen MR) is 61.6 cm³/mol. The summed E-state index contributed by atoms with van der Waals surface area (Å²) in [5.41, 5.74) is 1.73. The zero-order valence-electron chi connectivity index (χ0n) is 8.79. The Labute approximate surface area is 97.6 Å². The lowest BCUT2D eigenvalue weighted by Gasteiger charge is -2.02. The summed E-state index contributed by atoms with van der Waals surface area (Å²) in [4.78, 5) is 15.6. The number of nitrogens with one attached hydrogen (secondary N) is 1. The van der Waals surface area contributed by atoms with Gasteiger partial charge in [-0.3, -0.25) is 4.79 Å². The first-order valence-electron chi connectivity index (χ1n) is 5.05. The maximum absolute atomic E-state index is 11.7. The van der Waals surface area contributed by atoms with E-state index in [1.165, 1.54) is 0 Å². The van der Waals surface area contributed by atoms with E-state index in [1.54, 1.807) is 18.2 Å². The number of benzene rings is 1. The van der Waals surface area contributed by atoms with Gasteiger partial charge in [-0.1, -0.05) is 6.92 Å². The van der Waals surface area contributed by atoms with Crippen LogP contribution in [0.1, 0.15) is 23.7 Å². The third kappa shape index (κ3) is 2.17. The predicted octanol–water partition coefficient (Wildman–Crippen LogP) is 2.62. The summed E-state index contributed by atoms with van der Waals surface area (Å²) in [6.07, 6.45) is 0.907. The van der Waals surface area contributed by atoms with Gasteiger partial charge in [0.2, 0.25) is 0 Å². The molecule has 84 valence electrons. The van der Waals surface area contributed by atoms with Crippen molar-refractivity contribution < 1.29 is 9.21 Å². The van der Waals surface area contributed by atoms with Crippen molar-refractivity contribution in [2.24, 2.45) is 0 Å². The van der Waals surface area contributed by atoms with E-state index in [4.69, 9.17) is 16.0 Å². The third-order valence-corrected chi connectivity index (χ3v) is 2.32. The smallest absolute Gasteiger partial charge is 0.293 e. The maximum atomic E-state index is 11.7. The molecule has 1 aromatic heterocycles. The third-order valence-electron chi connectivity index (χ3n) is 2.16. The van der Waals surface area contributed by atoms with Gasteiger partial charge in [0.25, 0.3) is 11.3 Å². The maximum Gasteiger partial charge on any atom is 0.293 e. The molecule has 0 aliphatic rings. The lowest BCUT2D eigenvalue weighted by atomic mass is 10.2. The number of fused-ring (bicyclic) bond motifs is 1. The fourth-order valence-corrected chi connectivity index (χ4v) is 1.56. The Morgan fingerprint density at radius 2 is 2.38 bits per heavy atom. The first kappa shape index (κ1) is 11.0. The second-order valence-corrected chi connectivity index (χ2v) is 3.73. The largest absolute Gasteiger partial charge is 0.428 e. The molecule has 16 heavy (non-hydrogen) atoms. The number of hydrogen-bond acceptors (Lipinski definition) is 3. The Kier molecular flexibility index (Phi) is 3.10. The molecule has 1 amide bonds. The molecule has 1 aromatic carbocycles. The minimum Gasteiger partial charge on any atom is -0.428 e. The summed E-state index contributed by atoms with van der Waals surface area (Å²) in [6.45, 7) is 2.66. The van der Waals surface area contributed by atoms with E-state index in [0.29, 0.717) is 23.2 Å². The summed E-state index contributed by atoms with van der Waals surface area (Å²) in [7, 11) is 0. The molecule has 0 atom stereocenters. The molecule has 2 aromatic rings. The van der Waals surface area contributed by atoms with Crippen molar-refractivity contribution in [3.8, 4) is 0 Å². The molecule has 0 fully saturated rings. The molecule has 0 radical (unpaired) electrons. The van der Waals surface area contributed by atoms with Gasteiger partial charge in [-0.2, -0.15) is 4.98 Å². The second-order valence-electron chi connectivity index (χ2n) is 3.41. The van der Waals surface area contributed by atoms with E-state index in [-0.39, 0.29) is 11.3 Å². The van der Waals surface area contributed by atoms with Gasteiger partial charge in [0.05, 0.1) is 0 Å². The van der Waals surface area contributed by atoms with Crippen molar-refractivity contribution in [1.82, 2.24) is 10.3 Å². The Bertz CT molecular complexity index is 522. The highest BCUT2D eigenvalue weighted by atomic mass is 35.5. The fraction of sp³-hybridized carbons (Fsp3) is 0.273. The highest BCUT2D eigenvalue weighted by molar-refractivity contribution is 6.28. The number of carbonyl (C=O) groups is 1. The van der Waals surface area contributed by atoms with Crippen LogP contribution in [-0.4, -0.2) is 17.4 Å². The average Bonchev–Trinajstić information content (AvgIpc) is 2.64. The van der Waals surface area contributed by atoms with Gasteiger partial charge in [0, 0.05) is 12.1 Å². The van der Waals surface area contributed by atoms with Crippen molar-refractivity contribution in [3.05, 3.63) is 29.1 Å². The van der Waals surface area contributed by atoms with Gasteiger partial charge < -0.3 is 9.73 Å². The zero-order valence-corrected chi connectivity index (χ0v) is 9.54. The highest BCUT2D eigenvalue weighted by Crippen LogP contribution is 2.19. The summed E-state index contributed by atoms with van der Waals surface area (Å²) in [5, 5.41) is 2.87. The van der Waals surface area contributed by atoms with Gasteiger partial charge in [-0.15, -0.1) is 0 Å². The van der Waals surface area contributed by atoms with Crippen LogP contribution < -0.4 is 5.32 Å². The number of rotatable bonds is 3. The molecule has 0 spiro atoms. The summed E-state index contributed by atoms with van der Waals surface area (Å²) in [5.74, 6) is -0.108. The Morgan fingerprint density at radius 1 is 1.56 bits per heavy atom. The van der Waals surface area contributed by atoms with Crippen molar-refractivity contribution in [1.29, 1.82) is 0 Å². The number of halogens is 1. The van der Waals surface area contributed by atoms with Crippen molar-refractivity contribution in [2.45, 2.75) is 13.3 Å². The standard InChI is InChI=1S/C11H11ClN2O2/c1-2-5-13-10(15)7-3-4-9-8(6-7)14-11(12)16-9/h3-4,6H,2,5H2,1H3,(H,13,15). The van der Waals surface area contributed by atoms with Gasteiger partial charge in [0.1, 0.15) is 5.52 Å². The Morgan fingerprint density at radius 3 is 3.12 bits per heavy atom. The molecule has 4 nitrogen and oxygen atoms in total. The first-order valence-corrected chi connectivity index (χ1v) is 5.43. The molecule has 5 heteroatoms. The van der Waals surface area contributed by atoms with Crippen LogP contribution in [0.25, 0.3) is 11.1 Å². The van der Waals surface area contributed by atoms with Gasteiger partial charge in [0.15, 0.2) is 5.58 Å². The van der Waals surface area contributed by atoms with Crippen molar-refractivity contribution in [3.63, 3.8) is 0 Å². The Hall–Kier alpha value is -1.55. The lowest BCUT2D eigenvalue weighted by Crippen LogP contribution is -2.23. The Balaban J connectivity index is 2.28. The average molecular weight is 239 g/mol. The first-order chi connectivity index (χ1) is 7.70. The van der Waals surface area contributed by atoms with Gasteiger partial charge in [-0.05, 0) is 36.2 Å². The van der Waals surface area contributed by atoms with Crippen LogP contribution in [0.2, 0.25) is 5.35 Å². The number of nitrogens with zero attached hydrogens (tertiary/aromatic N) is 1. The number of amides is 1. The minimum atomic E-state index is -0.108. The van der Waals surface area contributed by atoms with Crippen LogP contribution in [0.15, 0.2) is 22.6 Å². The quantitative estimate of drug-likeness (QED) is 0.894. The normalized spacial score (nSPS) is 10.6. The van der Waals surface area contributed by atoms with Crippen LogP contribution in [0.3, 0.4) is 0 Å². The molecule has 1 N–H and O–H groups in total. The van der Waals surface area contributed by atoms with Crippen LogP contribution in [0.4, 0.5) is 0 Å². The number of hydrogen-bond donors (Lipinski definition) is 1.